The minimum atomic E-state index is -0.576. The van der Waals surface area contributed by atoms with Crippen LogP contribution in [0.25, 0.3) is 17.0 Å². The van der Waals surface area contributed by atoms with Gasteiger partial charge in [-0.1, -0.05) is 72.3 Å². The lowest BCUT2D eigenvalue weighted by atomic mass is 10.1. The average molecular weight is 533 g/mol. The Kier molecular flexibility index (Phi) is 7.78. The second kappa shape index (κ2) is 11.7. The van der Waals surface area contributed by atoms with Gasteiger partial charge in [0, 0.05) is 10.9 Å². The lowest BCUT2D eigenvalue weighted by molar-refractivity contribution is 0.0729. The molecule has 6 nitrogen and oxygen atoms in total. The number of fused-ring (bicyclic) bond motifs is 1. The van der Waals surface area contributed by atoms with E-state index in [0.29, 0.717) is 46.0 Å². The number of benzene rings is 4. The minimum Gasteiger partial charge on any atom is -0.493 e. The topological polar surface area (TPSA) is 75.0 Å². The molecule has 0 saturated heterocycles. The largest absolute Gasteiger partial charge is 0.493 e. The van der Waals surface area contributed by atoms with Crippen LogP contribution in [-0.2, 0) is 6.61 Å². The molecule has 0 N–H and O–H groups in total. The number of esters is 1. The van der Waals surface area contributed by atoms with Crippen LogP contribution >= 0.6 is 0 Å². The van der Waals surface area contributed by atoms with Crippen LogP contribution in [0.2, 0.25) is 0 Å². The van der Waals surface area contributed by atoms with Crippen LogP contribution in [0.15, 0.2) is 101 Å². The zero-order chi connectivity index (χ0) is 28.1. The van der Waals surface area contributed by atoms with Gasteiger partial charge in [0.05, 0.1) is 7.11 Å². The van der Waals surface area contributed by atoms with Crippen molar-refractivity contribution in [3.05, 3.63) is 131 Å². The molecule has 1 heterocycles. The van der Waals surface area contributed by atoms with Crippen LogP contribution in [0.1, 0.15) is 43.2 Å². The summed E-state index contributed by atoms with van der Waals surface area (Å²) in [4.78, 5) is 25.8. The van der Waals surface area contributed by atoms with Gasteiger partial charge in [0.25, 0.3) is 0 Å². The fourth-order valence-corrected chi connectivity index (χ4v) is 4.29. The molecule has 5 aromatic rings. The van der Waals surface area contributed by atoms with Crippen LogP contribution in [0.4, 0.5) is 0 Å². The summed E-state index contributed by atoms with van der Waals surface area (Å²) in [7, 11) is 1.49. The highest BCUT2D eigenvalue weighted by Gasteiger charge is 2.22. The van der Waals surface area contributed by atoms with Crippen molar-refractivity contribution in [2.75, 3.05) is 7.11 Å². The fraction of sp³-hybridized carbons (Fsp3) is 0.118. The van der Waals surface area contributed by atoms with Gasteiger partial charge in [0.1, 0.15) is 29.3 Å². The van der Waals surface area contributed by atoms with E-state index in [4.69, 9.17) is 18.6 Å². The Balaban J connectivity index is 1.33. The minimum absolute atomic E-state index is 0.108. The zero-order valence-electron chi connectivity index (χ0n) is 22.5. The summed E-state index contributed by atoms with van der Waals surface area (Å²) < 4.78 is 23.0. The summed E-state index contributed by atoms with van der Waals surface area (Å²) in [6, 6.07) is 27.7. The van der Waals surface area contributed by atoms with Crippen molar-refractivity contribution in [2.45, 2.75) is 20.5 Å². The van der Waals surface area contributed by atoms with Crippen molar-refractivity contribution < 1.29 is 28.2 Å². The highest BCUT2D eigenvalue weighted by Crippen LogP contribution is 2.33. The van der Waals surface area contributed by atoms with E-state index >= 15 is 0 Å². The molecule has 0 aliphatic heterocycles. The normalized spacial score (nSPS) is 11.1. The van der Waals surface area contributed by atoms with E-state index in [1.165, 1.54) is 13.2 Å². The molecule has 200 valence electrons. The van der Waals surface area contributed by atoms with Crippen LogP contribution in [0.5, 0.6) is 17.2 Å². The van der Waals surface area contributed by atoms with Crippen LogP contribution < -0.4 is 14.2 Å². The molecule has 0 saturated carbocycles. The number of allylic oxidation sites excluding steroid dienone is 1. The molecule has 0 bridgehead atoms. The van der Waals surface area contributed by atoms with Crippen LogP contribution in [-0.4, -0.2) is 18.9 Å². The third-order valence-corrected chi connectivity index (χ3v) is 6.44. The van der Waals surface area contributed by atoms with Gasteiger partial charge in [-0.3, -0.25) is 4.79 Å². The number of hydrogen-bond donors (Lipinski definition) is 0. The van der Waals surface area contributed by atoms with Gasteiger partial charge >= 0.3 is 5.97 Å². The Labute approximate surface area is 232 Å². The predicted molar refractivity (Wildman–Crippen MR) is 154 cm³/mol. The highest BCUT2D eigenvalue weighted by atomic mass is 16.6. The zero-order valence-corrected chi connectivity index (χ0v) is 22.5. The monoisotopic (exact) mass is 532 g/mol. The number of ether oxygens (including phenoxy) is 3. The van der Waals surface area contributed by atoms with Crippen molar-refractivity contribution in [1.29, 1.82) is 0 Å². The lowest BCUT2D eigenvalue weighted by Crippen LogP contribution is -2.10. The Morgan fingerprint density at radius 3 is 2.38 bits per heavy atom. The molecule has 5 rings (SSSR count). The van der Waals surface area contributed by atoms with E-state index in [1.807, 2.05) is 55.5 Å². The van der Waals surface area contributed by atoms with E-state index in [9.17, 15) is 9.59 Å². The standard InChI is InChI=1S/C34H28O6/c1-22-9-13-26(14-10-22)29(35)16-11-24-12-17-31(32(19-24)37-3)40-34(36)33-23(2)39-30-18-15-27(20-28(30)33)38-21-25-7-5-4-6-8-25/h4-20H,21H2,1-3H3/b16-11+. The van der Waals surface area contributed by atoms with Crippen molar-refractivity contribution in [3.63, 3.8) is 0 Å². The first kappa shape index (κ1) is 26.5. The first-order valence-corrected chi connectivity index (χ1v) is 12.8. The molecule has 0 fully saturated rings. The number of methoxy groups -OCH3 is 1. The number of carbonyl (C=O) groups is 2. The second-order valence-electron chi connectivity index (χ2n) is 9.33. The van der Waals surface area contributed by atoms with Gasteiger partial charge in [-0.15, -0.1) is 0 Å². The summed E-state index contributed by atoms with van der Waals surface area (Å²) in [5.41, 5.74) is 4.33. The molecular formula is C34H28O6. The van der Waals surface area contributed by atoms with Crippen molar-refractivity contribution in [2.24, 2.45) is 0 Å². The number of furan rings is 1. The molecule has 40 heavy (non-hydrogen) atoms. The van der Waals surface area contributed by atoms with Crippen molar-refractivity contribution >= 4 is 28.8 Å². The summed E-state index contributed by atoms with van der Waals surface area (Å²) in [5.74, 6) is 0.973. The maximum absolute atomic E-state index is 13.3. The van der Waals surface area contributed by atoms with Crippen molar-refractivity contribution in [1.82, 2.24) is 0 Å². The first-order chi connectivity index (χ1) is 19.4. The molecular weight excluding hydrogens is 504 g/mol. The SMILES string of the molecule is COc1cc(/C=C/C(=O)c2ccc(C)cc2)ccc1OC(=O)c1c(C)oc2ccc(OCc3ccccc3)cc12. The Morgan fingerprint density at radius 1 is 0.850 bits per heavy atom. The number of rotatable bonds is 9. The number of carbonyl (C=O) groups excluding carboxylic acids is 2. The smallest absolute Gasteiger partial charge is 0.347 e. The number of hydrogen-bond acceptors (Lipinski definition) is 6. The second-order valence-corrected chi connectivity index (χ2v) is 9.33. The van der Waals surface area contributed by atoms with Crippen LogP contribution in [0, 0.1) is 13.8 Å². The molecule has 1 aromatic heterocycles. The predicted octanol–water partition coefficient (Wildman–Crippen LogP) is 7.75. The molecule has 0 radical (unpaired) electrons. The van der Waals surface area contributed by atoms with Gasteiger partial charge in [0.2, 0.25) is 0 Å². The average Bonchev–Trinajstić information content (AvgIpc) is 3.31. The van der Waals surface area contributed by atoms with Gasteiger partial charge in [-0.05, 0) is 61.4 Å². The lowest BCUT2D eigenvalue weighted by Gasteiger charge is -2.10. The highest BCUT2D eigenvalue weighted by molar-refractivity contribution is 6.07. The molecule has 0 aliphatic carbocycles. The van der Waals surface area contributed by atoms with E-state index in [0.717, 1.165) is 16.7 Å². The number of aryl methyl sites for hydroxylation is 2. The molecule has 0 spiro atoms. The molecule has 0 atom stereocenters. The van der Waals surface area contributed by atoms with E-state index in [-0.39, 0.29) is 11.5 Å². The summed E-state index contributed by atoms with van der Waals surface area (Å²) in [6.45, 7) is 4.09. The molecule has 0 amide bonds. The molecule has 0 unspecified atom stereocenters. The summed E-state index contributed by atoms with van der Waals surface area (Å²) in [6.07, 6.45) is 3.20. The third kappa shape index (κ3) is 5.97. The maximum atomic E-state index is 13.3. The van der Waals surface area contributed by atoms with E-state index in [2.05, 4.69) is 0 Å². The summed E-state index contributed by atoms with van der Waals surface area (Å²) >= 11 is 0. The molecule has 6 heteroatoms. The summed E-state index contributed by atoms with van der Waals surface area (Å²) in [5, 5.41) is 0.598. The first-order valence-electron chi connectivity index (χ1n) is 12.8. The van der Waals surface area contributed by atoms with Gasteiger partial charge in [-0.25, -0.2) is 4.79 Å². The fourth-order valence-electron chi connectivity index (χ4n) is 4.29. The van der Waals surface area contributed by atoms with Gasteiger partial charge < -0.3 is 18.6 Å². The maximum Gasteiger partial charge on any atom is 0.347 e. The quantitative estimate of drug-likeness (QED) is 0.0836. The molecule has 0 aliphatic rings. The van der Waals surface area contributed by atoms with E-state index in [1.54, 1.807) is 55.5 Å². The number of ketones is 1. The van der Waals surface area contributed by atoms with Crippen molar-refractivity contribution in [3.8, 4) is 17.2 Å². The van der Waals surface area contributed by atoms with Gasteiger partial charge in [0.15, 0.2) is 17.3 Å². The Hall–Kier alpha value is -5.10. The van der Waals surface area contributed by atoms with Crippen LogP contribution in [0.3, 0.4) is 0 Å². The van der Waals surface area contributed by atoms with E-state index < -0.39 is 5.97 Å². The molecule has 4 aromatic carbocycles. The third-order valence-electron chi connectivity index (χ3n) is 6.44. The van der Waals surface area contributed by atoms with Gasteiger partial charge in [-0.2, -0.15) is 0 Å². The Bertz CT molecular complexity index is 1690. The Morgan fingerprint density at radius 2 is 1.62 bits per heavy atom.